The van der Waals surface area contributed by atoms with Gasteiger partial charge < -0.3 is 14.9 Å². The van der Waals surface area contributed by atoms with Crippen molar-refractivity contribution >= 4 is 0 Å². The second-order valence-electron chi connectivity index (χ2n) is 2.48. The minimum atomic E-state index is 0.368. The van der Waals surface area contributed by atoms with Gasteiger partial charge in [0.15, 0.2) is 0 Å². The summed E-state index contributed by atoms with van der Waals surface area (Å²) in [5.41, 5.74) is 6.28. The quantitative estimate of drug-likeness (QED) is 0.628. The van der Waals surface area contributed by atoms with Gasteiger partial charge in [-0.1, -0.05) is 0 Å². The Hall–Kier alpha value is -0.870. The lowest BCUT2D eigenvalue weighted by Gasteiger charge is -2.07. The van der Waals surface area contributed by atoms with Crippen molar-refractivity contribution in [1.29, 1.82) is 0 Å². The fourth-order valence-corrected chi connectivity index (χ4v) is 1.17. The lowest BCUT2D eigenvalue weighted by atomic mass is 10.2. The van der Waals surface area contributed by atoms with Crippen molar-refractivity contribution in [1.82, 2.24) is 4.98 Å². The highest BCUT2D eigenvalue weighted by molar-refractivity contribution is 5.11. The zero-order valence-electron chi connectivity index (χ0n) is 6.17. The van der Waals surface area contributed by atoms with Crippen LogP contribution in [0.3, 0.4) is 0 Å². The molecule has 0 amide bonds. The van der Waals surface area contributed by atoms with Crippen molar-refractivity contribution in [3.63, 3.8) is 0 Å². The van der Waals surface area contributed by atoms with E-state index < -0.39 is 0 Å². The van der Waals surface area contributed by atoms with Gasteiger partial charge in [0, 0.05) is 6.42 Å². The molecule has 11 heavy (non-hydrogen) atoms. The Morgan fingerprint density at radius 3 is 3.18 bits per heavy atom. The number of aromatic nitrogens is 1. The lowest BCUT2D eigenvalue weighted by molar-refractivity contribution is 0.102. The van der Waals surface area contributed by atoms with E-state index in [4.69, 9.17) is 14.9 Å². The van der Waals surface area contributed by atoms with Crippen LogP contribution in [0.4, 0.5) is 0 Å². The first-order valence-electron chi connectivity index (χ1n) is 3.65. The predicted octanol–water partition coefficient (Wildman–Crippen LogP) is 0.206. The summed E-state index contributed by atoms with van der Waals surface area (Å²) in [6.07, 6.45) is 0.822. The van der Waals surface area contributed by atoms with Crippen molar-refractivity contribution in [2.75, 3.05) is 6.61 Å². The summed E-state index contributed by atoms with van der Waals surface area (Å²) in [5, 5.41) is 0. The van der Waals surface area contributed by atoms with Gasteiger partial charge in [0.05, 0.1) is 19.8 Å². The maximum absolute atomic E-state index is 5.36. The molecular weight excluding hydrogens is 144 g/mol. The van der Waals surface area contributed by atoms with E-state index in [0.717, 1.165) is 24.5 Å². The summed E-state index contributed by atoms with van der Waals surface area (Å²) >= 11 is 0. The van der Waals surface area contributed by atoms with Crippen molar-refractivity contribution < 1.29 is 9.15 Å². The van der Waals surface area contributed by atoms with Crippen LogP contribution >= 0.6 is 0 Å². The van der Waals surface area contributed by atoms with E-state index in [1.807, 2.05) is 0 Å². The highest BCUT2D eigenvalue weighted by Crippen LogP contribution is 2.16. The van der Waals surface area contributed by atoms with Crippen LogP contribution in [0.5, 0.6) is 0 Å². The number of nitrogens with zero attached hydrogens (tertiary/aromatic N) is 1. The van der Waals surface area contributed by atoms with Crippen molar-refractivity contribution in [2.45, 2.75) is 19.6 Å². The minimum Gasteiger partial charge on any atom is -0.444 e. The standard InChI is InChI=1S/C7H10N2O2/c8-3-7-9-5-4-10-2-1-6(5)11-7/h1-4,8H2. The third-order valence-electron chi connectivity index (χ3n) is 1.71. The topological polar surface area (TPSA) is 61.3 Å². The Morgan fingerprint density at radius 2 is 2.45 bits per heavy atom. The van der Waals surface area contributed by atoms with Gasteiger partial charge >= 0.3 is 0 Å². The number of oxazole rings is 1. The second-order valence-corrected chi connectivity index (χ2v) is 2.48. The third-order valence-corrected chi connectivity index (χ3v) is 1.71. The normalized spacial score (nSPS) is 16.5. The molecule has 1 aliphatic heterocycles. The van der Waals surface area contributed by atoms with E-state index in [1.54, 1.807) is 0 Å². The van der Waals surface area contributed by atoms with Gasteiger partial charge in [-0.25, -0.2) is 4.98 Å². The molecular formula is C7H10N2O2. The van der Waals surface area contributed by atoms with Crippen LogP contribution in [-0.4, -0.2) is 11.6 Å². The third kappa shape index (κ3) is 1.15. The molecule has 60 valence electrons. The fourth-order valence-electron chi connectivity index (χ4n) is 1.17. The Morgan fingerprint density at radius 1 is 1.55 bits per heavy atom. The van der Waals surface area contributed by atoms with Gasteiger partial charge in [0.25, 0.3) is 0 Å². The summed E-state index contributed by atoms with van der Waals surface area (Å²) in [7, 11) is 0. The van der Waals surface area contributed by atoms with E-state index >= 15 is 0 Å². The molecule has 0 saturated carbocycles. The van der Waals surface area contributed by atoms with Gasteiger partial charge in [-0.3, -0.25) is 0 Å². The van der Waals surface area contributed by atoms with Crippen LogP contribution in [0.1, 0.15) is 17.3 Å². The molecule has 0 bridgehead atoms. The summed E-state index contributed by atoms with van der Waals surface area (Å²) < 4.78 is 10.5. The maximum atomic E-state index is 5.36. The average molecular weight is 154 g/mol. The zero-order valence-corrected chi connectivity index (χ0v) is 6.17. The number of hydrogen-bond acceptors (Lipinski definition) is 4. The number of nitrogens with two attached hydrogens (primary N) is 1. The van der Waals surface area contributed by atoms with E-state index in [0.29, 0.717) is 19.0 Å². The highest BCUT2D eigenvalue weighted by atomic mass is 16.5. The maximum Gasteiger partial charge on any atom is 0.208 e. The van der Waals surface area contributed by atoms with Crippen LogP contribution in [0.15, 0.2) is 4.42 Å². The molecule has 0 fully saturated rings. The van der Waals surface area contributed by atoms with Gasteiger partial charge in [-0.05, 0) is 0 Å². The van der Waals surface area contributed by atoms with E-state index in [1.165, 1.54) is 0 Å². The lowest BCUT2D eigenvalue weighted by Crippen LogP contribution is -2.07. The molecule has 0 unspecified atom stereocenters. The Bertz CT molecular complexity index is 233. The number of fused-ring (bicyclic) bond motifs is 1. The van der Waals surface area contributed by atoms with Gasteiger partial charge in [0.2, 0.25) is 5.89 Å². The fraction of sp³-hybridized carbons (Fsp3) is 0.571. The van der Waals surface area contributed by atoms with E-state index in [2.05, 4.69) is 4.98 Å². The molecule has 4 heteroatoms. The van der Waals surface area contributed by atoms with Crippen LogP contribution in [-0.2, 0) is 24.3 Å². The number of hydrogen-bond donors (Lipinski definition) is 1. The van der Waals surface area contributed by atoms with Crippen molar-refractivity contribution in [3.8, 4) is 0 Å². The number of rotatable bonds is 1. The first kappa shape index (κ1) is 6.82. The molecule has 0 saturated heterocycles. The SMILES string of the molecule is NCc1nc2c(o1)CCOC2. The zero-order chi connectivity index (χ0) is 7.68. The minimum absolute atomic E-state index is 0.368. The first-order chi connectivity index (χ1) is 5.40. The molecule has 2 N–H and O–H groups in total. The van der Waals surface area contributed by atoms with Crippen molar-refractivity contribution in [3.05, 3.63) is 17.3 Å². The summed E-state index contributed by atoms with van der Waals surface area (Å²) in [5.74, 6) is 1.55. The Labute approximate surface area is 64.4 Å². The molecule has 1 aromatic rings. The predicted molar refractivity (Wildman–Crippen MR) is 37.8 cm³/mol. The molecule has 0 aromatic carbocycles. The van der Waals surface area contributed by atoms with Gasteiger partial charge in [-0.2, -0.15) is 0 Å². The molecule has 1 aliphatic rings. The summed E-state index contributed by atoms with van der Waals surface area (Å²) in [6.45, 7) is 1.66. The van der Waals surface area contributed by atoms with Crippen LogP contribution in [0, 0.1) is 0 Å². The van der Waals surface area contributed by atoms with Crippen molar-refractivity contribution in [2.24, 2.45) is 5.73 Å². The Balaban J connectivity index is 2.32. The molecule has 0 radical (unpaired) electrons. The van der Waals surface area contributed by atoms with Crippen LogP contribution in [0.2, 0.25) is 0 Å². The summed E-state index contributed by atoms with van der Waals surface area (Å²) in [4.78, 5) is 4.15. The molecule has 1 aromatic heterocycles. The molecule has 0 aliphatic carbocycles. The van der Waals surface area contributed by atoms with Gasteiger partial charge in [0.1, 0.15) is 11.5 Å². The average Bonchev–Trinajstić information content (AvgIpc) is 2.46. The smallest absolute Gasteiger partial charge is 0.208 e. The monoisotopic (exact) mass is 154 g/mol. The molecule has 4 nitrogen and oxygen atoms in total. The first-order valence-corrected chi connectivity index (χ1v) is 3.65. The second kappa shape index (κ2) is 2.64. The highest BCUT2D eigenvalue weighted by Gasteiger charge is 2.15. The molecule has 2 heterocycles. The largest absolute Gasteiger partial charge is 0.444 e. The van der Waals surface area contributed by atoms with Crippen LogP contribution < -0.4 is 5.73 Å². The molecule has 0 atom stereocenters. The van der Waals surface area contributed by atoms with E-state index in [9.17, 15) is 0 Å². The van der Waals surface area contributed by atoms with Crippen LogP contribution in [0.25, 0.3) is 0 Å². The van der Waals surface area contributed by atoms with E-state index in [-0.39, 0.29) is 0 Å². The molecule has 0 spiro atoms. The Kier molecular flexibility index (Phi) is 1.63. The summed E-state index contributed by atoms with van der Waals surface area (Å²) in [6, 6.07) is 0. The molecule has 2 rings (SSSR count). The van der Waals surface area contributed by atoms with Gasteiger partial charge in [-0.15, -0.1) is 0 Å². The number of ether oxygens (including phenoxy) is 1.